The van der Waals surface area contributed by atoms with Gasteiger partial charge in [-0.25, -0.2) is 0 Å². The molecule has 0 amide bonds. The Morgan fingerprint density at radius 1 is 0.667 bits per heavy atom. The quantitative estimate of drug-likeness (QED) is 0.362. The fourth-order valence-electron chi connectivity index (χ4n) is 0. The van der Waals surface area contributed by atoms with Crippen molar-refractivity contribution in [2.75, 3.05) is 0 Å². The van der Waals surface area contributed by atoms with Gasteiger partial charge < -0.3 is 24.4 Å². The van der Waals surface area contributed by atoms with Crippen molar-refractivity contribution in [3.05, 3.63) is 0 Å². The van der Waals surface area contributed by atoms with E-state index in [0.717, 1.165) is 0 Å². The van der Waals surface area contributed by atoms with Crippen LogP contribution in [-0.4, -0.2) is 35.0 Å². The molecular formula is H3CeNO8S2. The van der Waals surface area contributed by atoms with Crippen LogP contribution < -0.4 is 6.15 Å². The second kappa shape index (κ2) is 8.67. The average Bonchev–Trinajstić information content (AvgIpc) is 1.12. The summed E-state index contributed by atoms with van der Waals surface area (Å²) in [6.45, 7) is 0. The summed E-state index contributed by atoms with van der Waals surface area (Å²) >= 11 is 0. The van der Waals surface area contributed by atoms with Crippen LogP contribution in [0.15, 0.2) is 0 Å². The summed E-state index contributed by atoms with van der Waals surface area (Å²) in [5.41, 5.74) is 0. The van der Waals surface area contributed by atoms with E-state index in [1.165, 1.54) is 0 Å². The predicted octanol–water partition coefficient (Wildman–Crippen LogP) is -2.51. The molecule has 0 aromatic heterocycles. The molecule has 0 atom stereocenters. The van der Waals surface area contributed by atoms with Crippen LogP contribution in [0.4, 0.5) is 0 Å². The molecule has 12 heteroatoms. The Labute approximate surface area is 103 Å². The minimum atomic E-state index is -5.17. The molecule has 0 aliphatic heterocycles. The minimum absolute atomic E-state index is 0. The molecule has 0 bridgehead atoms. The van der Waals surface area contributed by atoms with E-state index in [-0.39, 0.29) is 47.9 Å². The fourth-order valence-corrected chi connectivity index (χ4v) is 0. The molecule has 72 valence electrons. The van der Waals surface area contributed by atoms with Gasteiger partial charge in [0.2, 0.25) is 0 Å². The average molecular weight is 349 g/mol. The topological polar surface area (TPSA) is 196 Å². The largest absolute Gasteiger partial charge is 4.00 e. The zero-order valence-corrected chi connectivity index (χ0v) is 10.1. The predicted molar refractivity (Wildman–Crippen MR) is 26.0 cm³/mol. The van der Waals surface area contributed by atoms with Gasteiger partial charge in [0.25, 0.3) is 0 Å². The Kier molecular flexibility index (Phi) is 16.7. The molecule has 0 fully saturated rings. The number of hydrogen-bond donors (Lipinski definition) is 1. The molecule has 0 spiro atoms. The molecular weight excluding hydrogens is 346 g/mol. The van der Waals surface area contributed by atoms with Gasteiger partial charge in [0.1, 0.15) is 0 Å². The van der Waals surface area contributed by atoms with E-state index < -0.39 is 20.8 Å². The molecule has 3 N–H and O–H groups in total. The normalized spacial score (nSPS) is 9.67. The van der Waals surface area contributed by atoms with Crippen molar-refractivity contribution < 1.29 is 76.8 Å². The minimum Gasteiger partial charge on any atom is -0.759 e. The second-order valence-corrected chi connectivity index (χ2v) is 2.45. The summed E-state index contributed by atoms with van der Waals surface area (Å²) in [6, 6.07) is 0. The molecule has 0 aromatic carbocycles. The van der Waals surface area contributed by atoms with Gasteiger partial charge in [-0.2, -0.15) is 0 Å². The molecule has 0 heterocycles. The molecule has 0 aromatic rings. The fraction of sp³-hybridized carbons (Fsp3) is 0. The molecule has 12 heavy (non-hydrogen) atoms. The van der Waals surface area contributed by atoms with Crippen molar-refractivity contribution >= 4 is 20.8 Å². The number of rotatable bonds is 0. The molecule has 0 radical (unpaired) electrons. The van der Waals surface area contributed by atoms with Crippen LogP contribution in [0.1, 0.15) is 0 Å². The van der Waals surface area contributed by atoms with Crippen molar-refractivity contribution in [1.82, 2.24) is 6.15 Å². The van der Waals surface area contributed by atoms with Crippen molar-refractivity contribution in [2.45, 2.75) is 0 Å². The first-order valence-corrected chi connectivity index (χ1v) is 4.00. The third kappa shape index (κ3) is 970. The SMILES string of the molecule is N.O=S(=O)([O-])[O-].O=S(=O)([O-])[O-].[Ce+4]. The van der Waals surface area contributed by atoms with Crippen molar-refractivity contribution in [2.24, 2.45) is 0 Å². The Bertz CT molecular complexity index is 213. The van der Waals surface area contributed by atoms with Gasteiger partial charge in [-0.05, 0) is 0 Å². The van der Waals surface area contributed by atoms with E-state index in [4.69, 9.17) is 35.0 Å². The first kappa shape index (κ1) is 23.1. The van der Waals surface area contributed by atoms with Crippen molar-refractivity contribution in [1.29, 1.82) is 0 Å². The van der Waals surface area contributed by atoms with Gasteiger partial charge in [0.05, 0.1) is 0 Å². The van der Waals surface area contributed by atoms with Crippen molar-refractivity contribution in [3.8, 4) is 0 Å². The van der Waals surface area contributed by atoms with Crippen LogP contribution in [0.3, 0.4) is 0 Å². The third-order valence-electron chi connectivity index (χ3n) is 0. The van der Waals surface area contributed by atoms with E-state index in [2.05, 4.69) is 0 Å². The van der Waals surface area contributed by atoms with Gasteiger partial charge in [-0.3, -0.25) is 16.8 Å². The van der Waals surface area contributed by atoms with E-state index in [1.807, 2.05) is 0 Å². The second-order valence-electron chi connectivity index (χ2n) is 0.816. The molecule has 0 aliphatic rings. The van der Waals surface area contributed by atoms with Gasteiger partial charge >= 0.3 is 41.7 Å². The molecule has 0 rings (SSSR count). The maximum atomic E-state index is 8.52. The van der Waals surface area contributed by atoms with Crippen LogP contribution in [-0.2, 0) is 20.8 Å². The molecule has 0 aliphatic carbocycles. The first-order chi connectivity index (χ1) is 4.00. The third-order valence-corrected chi connectivity index (χ3v) is 0. The van der Waals surface area contributed by atoms with E-state index in [9.17, 15) is 0 Å². The van der Waals surface area contributed by atoms with Crippen molar-refractivity contribution in [3.63, 3.8) is 0 Å². The smallest absolute Gasteiger partial charge is 0.759 e. The zero-order chi connectivity index (χ0) is 9.00. The van der Waals surface area contributed by atoms with Crippen LogP contribution in [0.2, 0.25) is 0 Å². The van der Waals surface area contributed by atoms with Gasteiger partial charge in [0, 0.05) is 20.8 Å². The maximum absolute atomic E-state index is 8.52. The molecule has 9 nitrogen and oxygen atoms in total. The van der Waals surface area contributed by atoms with E-state index in [1.54, 1.807) is 0 Å². The van der Waals surface area contributed by atoms with E-state index >= 15 is 0 Å². The number of hydrogen-bond acceptors (Lipinski definition) is 9. The molecule has 0 unspecified atom stereocenters. The summed E-state index contributed by atoms with van der Waals surface area (Å²) < 4.78 is 68.2. The van der Waals surface area contributed by atoms with E-state index in [0.29, 0.717) is 0 Å². The van der Waals surface area contributed by atoms with Crippen LogP contribution in [0, 0.1) is 41.7 Å². The van der Waals surface area contributed by atoms with Crippen LogP contribution in [0.25, 0.3) is 0 Å². The summed E-state index contributed by atoms with van der Waals surface area (Å²) in [5.74, 6) is 0. The van der Waals surface area contributed by atoms with Crippen LogP contribution >= 0.6 is 0 Å². The molecule has 0 saturated carbocycles. The summed E-state index contributed by atoms with van der Waals surface area (Å²) in [5, 5.41) is 0. The first-order valence-electron chi connectivity index (χ1n) is 1.33. The Morgan fingerprint density at radius 2 is 0.667 bits per heavy atom. The Hall–Kier alpha value is 1.08. The molecule has 0 saturated heterocycles. The Balaban J connectivity index is -0.0000000457. The summed E-state index contributed by atoms with van der Waals surface area (Å²) in [7, 11) is -10.3. The van der Waals surface area contributed by atoms with Crippen LogP contribution in [0.5, 0.6) is 0 Å². The van der Waals surface area contributed by atoms with Gasteiger partial charge in [-0.1, -0.05) is 0 Å². The monoisotopic (exact) mass is 349 g/mol. The maximum Gasteiger partial charge on any atom is 4.00 e. The van der Waals surface area contributed by atoms with Gasteiger partial charge in [0.15, 0.2) is 0 Å². The standard InChI is InChI=1S/Ce.H3N.2H2O4S/c;;2*1-5(2,3)4/h;1H3;2*(H2,1,2,3,4)/q+4;;;/p-4. The van der Waals surface area contributed by atoms with Gasteiger partial charge in [-0.15, -0.1) is 0 Å². The summed E-state index contributed by atoms with van der Waals surface area (Å²) in [6.07, 6.45) is 0. The zero-order valence-electron chi connectivity index (χ0n) is 5.29. The summed E-state index contributed by atoms with van der Waals surface area (Å²) in [4.78, 5) is 0. The Morgan fingerprint density at radius 3 is 0.667 bits per heavy atom.